The second-order valence-corrected chi connectivity index (χ2v) is 3.67. The smallest absolute Gasteiger partial charge is 0.217 e. The van der Waals surface area contributed by atoms with E-state index in [9.17, 15) is 15.0 Å². The number of nitrogens with one attached hydrogen (secondary N) is 1. The summed E-state index contributed by atoms with van der Waals surface area (Å²) in [6.45, 7) is 0.842. The minimum Gasteiger partial charge on any atom is -0.394 e. The van der Waals surface area contributed by atoms with Crippen LogP contribution < -0.4 is 5.32 Å². The van der Waals surface area contributed by atoms with Crippen molar-refractivity contribution in [3.63, 3.8) is 0 Å². The van der Waals surface area contributed by atoms with Crippen molar-refractivity contribution in [3.8, 4) is 0 Å². The summed E-state index contributed by atoms with van der Waals surface area (Å²) < 4.78 is 10.1. The maximum absolute atomic E-state index is 10.9. The van der Waals surface area contributed by atoms with Gasteiger partial charge < -0.3 is 30.1 Å². The van der Waals surface area contributed by atoms with Gasteiger partial charge in [0.15, 0.2) is 6.29 Å². The van der Waals surface area contributed by atoms with E-state index in [1.165, 1.54) is 14.0 Å². The Hall–Kier alpha value is -0.730. The molecule has 1 heterocycles. The lowest BCUT2D eigenvalue weighted by molar-refractivity contribution is -0.262. The zero-order valence-corrected chi connectivity index (χ0v) is 9.16. The zero-order valence-electron chi connectivity index (χ0n) is 9.16. The first-order chi connectivity index (χ1) is 7.51. The molecule has 94 valence electrons. The number of carbonyl (C=O) groups excluding carboxylic acids is 1. The standard InChI is InChI=1S/C9H17NO6/c1-4(12)10-6-8(14)7(13)5(3-11)16-9(6)15-2/h5-9,11,13-14H,3H2,1-2H3,(H,10,12)/t5-,6+,7-,8-,9-/m1/s1/i1+1,4+1,9+1,10+1. The van der Waals surface area contributed by atoms with Gasteiger partial charge in [-0.1, -0.05) is 0 Å². The lowest BCUT2D eigenvalue weighted by Crippen LogP contribution is -2.64. The minimum atomic E-state index is -1.27. The SMILES string of the molecule is CO[13C@@H]1O[C@H](CO)[C@@H](O)[C@H](O)[C@@H]1[15NH][13C]([13CH3])=O. The lowest BCUT2D eigenvalue weighted by atomic mass is 10.0. The predicted octanol–water partition coefficient (Wildman–Crippen LogP) is -2.42. The lowest BCUT2D eigenvalue weighted by Gasteiger charge is -2.41. The molecule has 1 aliphatic rings. The van der Waals surface area contributed by atoms with Crippen LogP contribution in [0.5, 0.6) is 0 Å². The number of aliphatic hydroxyl groups is 3. The molecule has 0 saturated carbocycles. The Bertz CT molecular complexity index is 246. The molecule has 0 aromatic rings. The topological polar surface area (TPSA) is 108 Å². The molecular formula is C9H17NO6. The molecule has 5 atom stereocenters. The third kappa shape index (κ3) is 2.69. The summed E-state index contributed by atoms with van der Waals surface area (Å²) in [5.41, 5.74) is 0. The van der Waals surface area contributed by atoms with E-state index in [1.54, 1.807) is 0 Å². The number of aliphatic hydroxyl groups excluding tert-OH is 3. The highest BCUT2D eigenvalue weighted by molar-refractivity contribution is 5.73. The first-order valence-electron chi connectivity index (χ1n) is 4.93. The maximum atomic E-state index is 10.9. The van der Waals surface area contributed by atoms with E-state index in [-0.39, 0.29) is 5.91 Å². The van der Waals surface area contributed by atoms with Gasteiger partial charge in [0.2, 0.25) is 5.91 Å². The van der Waals surface area contributed by atoms with Crippen LogP contribution in [0.15, 0.2) is 0 Å². The molecule has 1 rings (SSSR count). The molecule has 0 bridgehead atoms. The number of carbonyl (C=O) groups is 1. The Morgan fingerprint density at radius 2 is 2.06 bits per heavy atom. The number of hydrogen-bond acceptors (Lipinski definition) is 6. The molecule has 1 fully saturated rings. The molecule has 16 heavy (non-hydrogen) atoms. The van der Waals surface area contributed by atoms with Crippen molar-refractivity contribution in [2.45, 2.75) is 37.6 Å². The summed E-state index contributed by atoms with van der Waals surface area (Å²) in [5, 5.41) is 30.7. The Labute approximate surface area is 93.0 Å². The van der Waals surface area contributed by atoms with E-state index in [4.69, 9.17) is 14.6 Å². The normalized spacial score (nSPS) is 39.4. The fourth-order valence-corrected chi connectivity index (χ4v) is 1.67. The highest BCUT2D eigenvalue weighted by Crippen LogP contribution is 2.21. The van der Waals surface area contributed by atoms with Gasteiger partial charge in [-0.25, -0.2) is 0 Å². The van der Waals surface area contributed by atoms with Crippen LogP contribution in [0.25, 0.3) is 0 Å². The summed E-state index contributed by atoms with van der Waals surface area (Å²) in [7, 11) is 1.35. The first-order valence-corrected chi connectivity index (χ1v) is 4.93. The van der Waals surface area contributed by atoms with Crippen LogP contribution >= 0.6 is 0 Å². The van der Waals surface area contributed by atoms with E-state index in [0.29, 0.717) is 0 Å². The van der Waals surface area contributed by atoms with Gasteiger partial charge in [-0.3, -0.25) is 4.79 Å². The van der Waals surface area contributed by atoms with Crippen molar-refractivity contribution in [3.05, 3.63) is 0 Å². The summed E-state index contributed by atoms with van der Waals surface area (Å²) in [6, 6.07) is -0.861. The Morgan fingerprint density at radius 3 is 2.50 bits per heavy atom. The van der Waals surface area contributed by atoms with Gasteiger partial charge >= 0.3 is 0 Å². The van der Waals surface area contributed by atoms with Gasteiger partial charge in [0.05, 0.1) is 6.61 Å². The average Bonchev–Trinajstić information content (AvgIpc) is 2.25. The van der Waals surface area contributed by atoms with Crippen molar-refractivity contribution in [1.29, 1.82) is 0 Å². The largest absolute Gasteiger partial charge is 0.394 e. The van der Waals surface area contributed by atoms with E-state index in [0.717, 1.165) is 0 Å². The van der Waals surface area contributed by atoms with Gasteiger partial charge in [0.25, 0.3) is 0 Å². The third-order valence-corrected chi connectivity index (χ3v) is 2.48. The molecule has 0 aromatic heterocycles. The van der Waals surface area contributed by atoms with Crippen LogP contribution in [-0.2, 0) is 14.3 Å². The molecule has 0 aliphatic carbocycles. The van der Waals surface area contributed by atoms with E-state index < -0.39 is 37.3 Å². The van der Waals surface area contributed by atoms with Crippen LogP contribution in [0.2, 0.25) is 0 Å². The number of methoxy groups -OCH3 is 1. The van der Waals surface area contributed by atoms with Crippen molar-refractivity contribution in [1.82, 2.24) is 5.32 Å². The second kappa shape index (κ2) is 5.55. The first kappa shape index (κ1) is 13.3. The predicted molar refractivity (Wildman–Crippen MR) is 52.4 cm³/mol. The minimum absolute atomic E-state index is 0.371. The maximum Gasteiger partial charge on any atom is 0.217 e. The van der Waals surface area contributed by atoms with Crippen LogP contribution in [0.4, 0.5) is 0 Å². The molecule has 4 N–H and O–H groups in total. The van der Waals surface area contributed by atoms with E-state index in [2.05, 4.69) is 5.32 Å². The summed E-state index contributed by atoms with van der Waals surface area (Å²) in [4.78, 5) is 10.9. The molecule has 0 radical (unpaired) electrons. The van der Waals surface area contributed by atoms with Crippen molar-refractivity contribution >= 4 is 5.91 Å². The number of amides is 1. The van der Waals surface area contributed by atoms with Crippen LogP contribution in [-0.4, -0.2) is 65.6 Å². The van der Waals surface area contributed by atoms with Gasteiger partial charge in [-0.05, 0) is 0 Å². The molecule has 0 unspecified atom stereocenters. The Kier molecular flexibility index (Phi) is 4.63. The van der Waals surface area contributed by atoms with Crippen LogP contribution in [0.3, 0.4) is 0 Å². The van der Waals surface area contributed by atoms with E-state index in [1.807, 2.05) is 0 Å². The monoisotopic (exact) mass is 239 g/mol. The molecule has 0 spiro atoms. The quantitative estimate of drug-likeness (QED) is 0.322. The van der Waals surface area contributed by atoms with Gasteiger partial charge in [0.1, 0.15) is 24.4 Å². The third-order valence-electron chi connectivity index (χ3n) is 2.48. The second-order valence-electron chi connectivity index (χ2n) is 3.67. The molecular weight excluding hydrogens is 222 g/mol. The number of hydrogen-bond donors (Lipinski definition) is 4. The number of rotatable bonds is 3. The molecule has 0 aromatic carbocycles. The zero-order chi connectivity index (χ0) is 12.3. The fourth-order valence-electron chi connectivity index (χ4n) is 1.67. The van der Waals surface area contributed by atoms with Gasteiger partial charge in [0, 0.05) is 14.0 Å². The summed E-state index contributed by atoms with van der Waals surface area (Å²) in [5.74, 6) is -0.371. The number of ether oxygens (including phenoxy) is 2. The Morgan fingerprint density at radius 1 is 1.44 bits per heavy atom. The van der Waals surface area contributed by atoms with Crippen LogP contribution in [0, 0.1) is 0 Å². The average molecular weight is 239 g/mol. The van der Waals surface area contributed by atoms with Gasteiger partial charge in [-0.15, -0.1) is 0 Å². The molecule has 7 heteroatoms. The Balaban J connectivity index is 2.77. The van der Waals surface area contributed by atoms with E-state index >= 15 is 0 Å². The molecule has 1 saturated heterocycles. The van der Waals surface area contributed by atoms with Crippen molar-refractivity contribution in [2.24, 2.45) is 0 Å². The summed E-state index contributed by atoms with van der Waals surface area (Å²) in [6.07, 6.45) is -4.35. The van der Waals surface area contributed by atoms with Crippen molar-refractivity contribution in [2.75, 3.05) is 13.7 Å². The van der Waals surface area contributed by atoms with Gasteiger partial charge in [-0.2, -0.15) is 0 Å². The molecule has 1 amide bonds. The highest BCUT2D eigenvalue weighted by atomic mass is 16.8. The van der Waals surface area contributed by atoms with Crippen LogP contribution in [0.1, 0.15) is 6.92 Å². The highest BCUT2D eigenvalue weighted by Gasteiger charge is 2.44. The molecule has 1 aliphatic heterocycles. The fraction of sp³-hybridized carbons (Fsp3) is 0.889. The van der Waals surface area contributed by atoms with Crippen molar-refractivity contribution < 1.29 is 29.6 Å². The summed E-state index contributed by atoms with van der Waals surface area (Å²) >= 11 is 0. The molecule has 7 nitrogen and oxygen atoms in total.